The number of nitrogens with one attached hydrogen (secondary N) is 1. The lowest BCUT2D eigenvalue weighted by molar-refractivity contribution is 0.609. The SMILES string of the molecule is CNC(C)c1ncc2cccc(N)n12. The van der Waals surface area contributed by atoms with E-state index in [1.807, 2.05) is 35.8 Å². The first kappa shape index (κ1) is 9.02. The third kappa shape index (κ3) is 1.24. The van der Waals surface area contributed by atoms with Crippen molar-refractivity contribution in [3.05, 3.63) is 30.2 Å². The second kappa shape index (κ2) is 3.31. The third-order valence-corrected chi connectivity index (χ3v) is 2.43. The molecule has 0 radical (unpaired) electrons. The van der Waals surface area contributed by atoms with E-state index in [1.54, 1.807) is 0 Å². The van der Waals surface area contributed by atoms with Gasteiger partial charge in [-0.15, -0.1) is 0 Å². The molecule has 0 amide bonds. The molecule has 0 aliphatic carbocycles. The maximum atomic E-state index is 5.89. The molecule has 0 saturated heterocycles. The number of nitrogen functional groups attached to an aromatic ring is 1. The Hall–Kier alpha value is -1.55. The van der Waals surface area contributed by atoms with Crippen LogP contribution in [0.4, 0.5) is 5.82 Å². The number of pyridine rings is 1. The summed E-state index contributed by atoms with van der Waals surface area (Å²) in [5.74, 6) is 1.66. The van der Waals surface area contributed by atoms with Gasteiger partial charge in [0.25, 0.3) is 0 Å². The minimum atomic E-state index is 0.196. The molecule has 4 heteroatoms. The van der Waals surface area contributed by atoms with Crippen LogP contribution >= 0.6 is 0 Å². The Kier molecular flexibility index (Phi) is 2.13. The Morgan fingerprint density at radius 1 is 1.50 bits per heavy atom. The second-order valence-corrected chi connectivity index (χ2v) is 3.34. The van der Waals surface area contributed by atoms with E-state index in [4.69, 9.17) is 5.73 Å². The van der Waals surface area contributed by atoms with E-state index >= 15 is 0 Å². The molecule has 2 rings (SSSR count). The largest absolute Gasteiger partial charge is 0.385 e. The Bertz CT molecular complexity index is 446. The zero-order valence-corrected chi connectivity index (χ0v) is 8.36. The number of hydrogen-bond acceptors (Lipinski definition) is 3. The molecule has 0 spiro atoms. The minimum absolute atomic E-state index is 0.196. The van der Waals surface area contributed by atoms with E-state index in [0.717, 1.165) is 17.2 Å². The zero-order valence-electron chi connectivity index (χ0n) is 8.36. The van der Waals surface area contributed by atoms with Gasteiger partial charge in [0.05, 0.1) is 17.8 Å². The van der Waals surface area contributed by atoms with Crippen LogP contribution in [-0.2, 0) is 0 Å². The number of hydrogen-bond donors (Lipinski definition) is 2. The fourth-order valence-corrected chi connectivity index (χ4v) is 1.53. The third-order valence-electron chi connectivity index (χ3n) is 2.43. The number of nitrogens with zero attached hydrogens (tertiary/aromatic N) is 2. The molecule has 2 aromatic rings. The molecule has 2 heterocycles. The fourth-order valence-electron chi connectivity index (χ4n) is 1.53. The highest BCUT2D eigenvalue weighted by molar-refractivity contribution is 5.53. The molecule has 0 aromatic carbocycles. The van der Waals surface area contributed by atoms with Crippen LogP contribution in [0, 0.1) is 0 Å². The Morgan fingerprint density at radius 2 is 2.29 bits per heavy atom. The Labute approximate surface area is 82.8 Å². The van der Waals surface area contributed by atoms with Gasteiger partial charge in [-0.25, -0.2) is 4.98 Å². The Balaban J connectivity index is 2.67. The van der Waals surface area contributed by atoms with Gasteiger partial charge in [0, 0.05) is 0 Å². The van der Waals surface area contributed by atoms with Gasteiger partial charge < -0.3 is 11.1 Å². The van der Waals surface area contributed by atoms with Crippen molar-refractivity contribution in [2.24, 2.45) is 0 Å². The quantitative estimate of drug-likeness (QED) is 0.748. The lowest BCUT2D eigenvalue weighted by Gasteiger charge is -2.10. The first-order chi connectivity index (χ1) is 6.74. The van der Waals surface area contributed by atoms with Crippen LogP contribution in [0.5, 0.6) is 0 Å². The summed E-state index contributed by atoms with van der Waals surface area (Å²) in [6.07, 6.45) is 1.83. The molecule has 0 aliphatic rings. The number of aromatic nitrogens is 2. The van der Waals surface area contributed by atoms with Crippen LogP contribution in [0.25, 0.3) is 5.52 Å². The van der Waals surface area contributed by atoms with Crippen LogP contribution in [0.15, 0.2) is 24.4 Å². The van der Waals surface area contributed by atoms with Crippen molar-refractivity contribution >= 4 is 11.3 Å². The van der Waals surface area contributed by atoms with Crippen molar-refractivity contribution in [1.82, 2.24) is 14.7 Å². The molecule has 0 bridgehead atoms. The number of anilines is 1. The number of imidazole rings is 1. The summed E-state index contributed by atoms with van der Waals surface area (Å²) in [4.78, 5) is 4.35. The van der Waals surface area contributed by atoms with Gasteiger partial charge in [0.15, 0.2) is 0 Å². The van der Waals surface area contributed by atoms with Gasteiger partial charge in [-0.3, -0.25) is 4.40 Å². The molecule has 4 nitrogen and oxygen atoms in total. The van der Waals surface area contributed by atoms with E-state index in [9.17, 15) is 0 Å². The average Bonchev–Trinajstić information content (AvgIpc) is 2.62. The Morgan fingerprint density at radius 3 is 3.00 bits per heavy atom. The molecule has 0 aliphatic heterocycles. The lowest BCUT2D eigenvalue weighted by atomic mass is 10.3. The van der Waals surface area contributed by atoms with Gasteiger partial charge in [-0.05, 0) is 26.1 Å². The van der Waals surface area contributed by atoms with E-state index in [-0.39, 0.29) is 6.04 Å². The normalized spacial score (nSPS) is 13.3. The summed E-state index contributed by atoms with van der Waals surface area (Å²) in [5, 5.41) is 3.15. The zero-order chi connectivity index (χ0) is 10.1. The van der Waals surface area contributed by atoms with Gasteiger partial charge in [0.1, 0.15) is 11.6 Å². The highest BCUT2D eigenvalue weighted by atomic mass is 15.1. The standard InChI is InChI=1S/C10H14N4/c1-7(12-2)10-13-6-8-4-3-5-9(11)14(8)10/h3-7,12H,11H2,1-2H3. The lowest BCUT2D eigenvalue weighted by Crippen LogP contribution is -2.16. The average molecular weight is 190 g/mol. The highest BCUT2D eigenvalue weighted by Gasteiger charge is 2.10. The van der Waals surface area contributed by atoms with Gasteiger partial charge >= 0.3 is 0 Å². The van der Waals surface area contributed by atoms with Gasteiger partial charge in [0.2, 0.25) is 0 Å². The molecule has 0 fully saturated rings. The van der Waals surface area contributed by atoms with Crippen LogP contribution in [0.3, 0.4) is 0 Å². The number of fused-ring (bicyclic) bond motifs is 1. The molecule has 1 unspecified atom stereocenters. The number of rotatable bonds is 2. The minimum Gasteiger partial charge on any atom is -0.385 e. The van der Waals surface area contributed by atoms with Crippen molar-refractivity contribution in [1.29, 1.82) is 0 Å². The van der Waals surface area contributed by atoms with Crippen molar-refractivity contribution < 1.29 is 0 Å². The smallest absolute Gasteiger partial charge is 0.131 e. The van der Waals surface area contributed by atoms with Crippen LogP contribution in [0.1, 0.15) is 18.8 Å². The second-order valence-electron chi connectivity index (χ2n) is 3.34. The molecule has 14 heavy (non-hydrogen) atoms. The molecular formula is C10H14N4. The van der Waals surface area contributed by atoms with E-state index < -0.39 is 0 Å². The van der Waals surface area contributed by atoms with E-state index in [2.05, 4.69) is 17.2 Å². The van der Waals surface area contributed by atoms with Crippen LogP contribution in [0.2, 0.25) is 0 Å². The first-order valence-electron chi connectivity index (χ1n) is 4.63. The van der Waals surface area contributed by atoms with Crippen molar-refractivity contribution in [2.45, 2.75) is 13.0 Å². The summed E-state index contributed by atoms with van der Waals surface area (Å²) in [5.41, 5.74) is 6.92. The number of nitrogens with two attached hydrogens (primary N) is 1. The molecule has 0 saturated carbocycles. The van der Waals surface area contributed by atoms with Gasteiger partial charge in [-0.2, -0.15) is 0 Å². The monoisotopic (exact) mass is 190 g/mol. The van der Waals surface area contributed by atoms with Crippen LogP contribution in [-0.4, -0.2) is 16.4 Å². The highest BCUT2D eigenvalue weighted by Crippen LogP contribution is 2.17. The van der Waals surface area contributed by atoms with Crippen molar-refractivity contribution in [3.8, 4) is 0 Å². The molecule has 3 N–H and O–H groups in total. The molecule has 2 aromatic heterocycles. The topological polar surface area (TPSA) is 55.3 Å². The molecule has 1 atom stereocenters. The van der Waals surface area contributed by atoms with Crippen molar-refractivity contribution in [2.75, 3.05) is 12.8 Å². The molecule has 74 valence electrons. The predicted molar refractivity (Wildman–Crippen MR) is 57.1 cm³/mol. The maximum absolute atomic E-state index is 5.89. The van der Waals surface area contributed by atoms with Crippen LogP contribution < -0.4 is 11.1 Å². The predicted octanol–water partition coefficient (Wildman–Crippen LogP) is 1.20. The van der Waals surface area contributed by atoms with E-state index in [0.29, 0.717) is 0 Å². The summed E-state index contributed by atoms with van der Waals surface area (Å²) in [6.45, 7) is 2.06. The fraction of sp³-hybridized carbons (Fsp3) is 0.300. The summed E-state index contributed by atoms with van der Waals surface area (Å²) in [7, 11) is 1.91. The van der Waals surface area contributed by atoms with Crippen molar-refractivity contribution in [3.63, 3.8) is 0 Å². The molecular weight excluding hydrogens is 176 g/mol. The summed E-state index contributed by atoms with van der Waals surface area (Å²) < 4.78 is 1.96. The summed E-state index contributed by atoms with van der Waals surface area (Å²) >= 11 is 0. The van der Waals surface area contributed by atoms with E-state index in [1.165, 1.54) is 0 Å². The first-order valence-corrected chi connectivity index (χ1v) is 4.63. The maximum Gasteiger partial charge on any atom is 0.131 e. The van der Waals surface area contributed by atoms with Gasteiger partial charge in [-0.1, -0.05) is 6.07 Å². The summed E-state index contributed by atoms with van der Waals surface area (Å²) in [6, 6.07) is 6.00.